The molecule has 17 heavy (non-hydrogen) atoms. The third-order valence-electron chi connectivity index (χ3n) is 2.32. The lowest BCUT2D eigenvalue weighted by atomic mass is 10.1. The maximum atomic E-state index is 13.4. The quantitative estimate of drug-likeness (QED) is 0.794. The highest BCUT2D eigenvalue weighted by Crippen LogP contribution is 2.18. The Morgan fingerprint density at radius 1 is 1.24 bits per heavy atom. The fraction of sp³-hybridized carbons (Fsp3) is 0.538. The smallest absolute Gasteiger partial charge is 0.129 e. The normalized spacial score (nSPS) is 11.8. The molecule has 0 aliphatic heterocycles. The fourth-order valence-corrected chi connectivity index (χ4v) is 1.67. The first-order valence-corrected chi connectivity index (χ1v) is 6.16. The molecule has 0 radical (unpaired) electrons. The van der Waals surface area contributed by atoms with Crippen LogP contribution in [0, 0.1) is 5.82 Å². The van der Waals surface area contributed by atoms with Gasteiger partial charge in [-0.1, -0.05) is 17.7 Å². The molecule has 0 unspecified atom stereocenters. The molecule has 0 aliphatic rings. The minimum atomic E-state index is -0.256. The van der Waals surface area contributed by atoms with Crippen molar-refractivity contribution in [1.29, 1.82) is 0 Å². The van der Waals surface area contributed by atoms with Crippen molar-refractivity contribution in [1.82, 2.24) is 10.6 Å². The molecule has 1 aromatic rings. The minimum Gasteiger partial charge on any atom is -0.311 e. The predicted molar refractivity (Wildman–Crippen MR) is 70.9 cm³/mol. The van der Waals surface area contributed by atoms with Crippen LogP contribution in [0.25, 0.3) is 0 Å². The van der Waals surface area contributed by atoms with Gasteiger partial charge in [0.05, 0.1) is 0 Å². The summed E-state index contributed by atoms with van der Waals surface area (Å²) in [5.41, 5.74) is 0.641. The standard InChI is InChI=1S/C13H20ClFN2/c1-13(2,3)17-8-7-16-9-10-11(14)5-4-6-12(10)15/h4-6,16-17H,7-9H2,1-3H3. The van der Waals surface area contributed by atoms with E-state index in [9.17, 15) is 4.39 Å². The lowest BCUT2D eigenvalue weighted by Crippen LogP contribution is -2.40. The van der Waals surface area contributed by atoms with E-state index in [1.807, 2.05) is 0 Å². The summed E-state index contributed by atoms with van der Waals surface area (Å²) in [6.07, 6.45) is 0. The van der Waals surface area contributed by atoms with Gasteiger partial charge in [-0.3, -0.25) is 0 Å². The number of nitrogens with one attached hydrogen (secondary N) is 2. The molecule has 4 heteroatoms. The predicted octanol–water partition coefficient (Wildman–Crippen LogP) is 2.96. The molecule has 2 nitrogen and oxygen atoms in total. The number of rotatable bonds is 5. The summed E-state index contributed by atoms with van der Waals surface area (Å²) >= 11 is 5.92. The van der Waals surface area contributed by atoms with Crippen LogP contribution in [0.15, 0.2) is 18.2 Å². The van der Waals surface area contributed by atoms with Gasteiger partial charge < -0.3 is 10.6 Å². The van der Waals surface area contributed by atoms with E-state index in [1.54, 1.807) is 12.1 Å². The van der Waals surface area contributed by atoms with Gasteiger partial charge in [0, 0.05) is 35.8 Å². The summed E-state index contributed by atoms with van der Waals surface area (Å²) in [5, 5.41) is 6.99. The van der Waals surface area contributed by atoms with Gasteiger partial charge in [-0.25, -0.2) is 4.39 Å². The second-order valence-corrected chi connectivity index (χ2v) is 5.46. The molecular weight excluding hydrogens is 239 g/mol. The first-order valence-electron chi connectivity index (χ1n) is 5.79. The van der Waals surface area contributed by atoms with E-state index in [-0.39, 0.29) is 11.4 Å². The lowest BCUT2D eigenvalue weighted by Gasteiger charge is -2.20. The Kier molecular flexibility index (Phi) is 5.37. The summed E-state index contributed by atoms with van der Waals surface area (Å²) in [5.74, 6) is -0.256. The van der Waals surface area contributed by atoms with Crippen LogP contribution >= 0.6 is 11.6 Å². The Balaban J connectivity index is 2.32. The van der Waals surface area contributed by atoms with Gasteiger partial charge in [-0.2, -0.15) is 0 Å². The SMILES string of the molecule is CC(C)(C)NCCNCc1c(F)cccc1Cl. The highest BCUT2D eigenvalue weighted by molar-refractivity contribution is 6.31. The molecule has 0 fully saturated rings. The van der Waals surface area contributed by atoms with Crippen LogP contribution in [0.5, 0.6) is 0 Å². The van der Waals surface area contributed by atoms with E-state index in [0.717, 1.165) is 13.1 Å². The van der Waals surface area contributed by atoms with Gasteiger partial charge in [-0.15, -0.1) is 0 Å². The van der Waals surface area contributed by atoms with Crippen molar-refractivity contribution in [3.63, 3.8) is 0 Å². The molecule has 0 atom stereocenters. The summed E-state index contributed by atoms with van der Waals surface area (Å²) in [4.78, 5) is 0. The number of hydrogen-bond acceptors (Lipinski definition) is 2. The van der Waals surface area contributed by atoms with Gasteiger partial charge in [0.1, 0.15) is 5.82 Å². The highest BCUT2D eigenvalue weighted by Gasteiger charge is 2.08. The topological polar surface area (TPSA) is 24.1 Å². The molecule has 96 valence electrons. The Morgan fingerprint density at radius 3 is 2.53 bits per heavy atom. The summed E-state index contributed by atoms with van der Waals surface area (Å²) in [6.45, 7) is 8.41. The van der Waals surface area contributed by atoms with Crippen molar-refractivity contribution >= 4 is 11.6 Å². The summed E-state index contributed by atoms with van der Waals surface area (Å²) < 4.78 is 13.4. The summed E-state index contributed by atoms with van der Waals surface area (Å²) in [6, 6.07) is 4.74. The van der Waals surface area contributed by atoms with Crippen molar-refractivity contribution in [3.05, 3.63) is 34.6 Å². The molecule has 0 saturated carbocycles. The fourth-order valence-electron chi connectivity index (χ4n) is 1.44. The molecule has 0 aliphatic carbocycles. The van der Waals surface area contributed by atoms with Gasteiger partial charge in [-0.05, 0) is 32.9 Å². The molecule has 0 heterocycles. The molecule has 2 N–H and O–H groups in total. The maximum Gasteiger partial charge on any atom is 0.129 e. The zero-order chi connectivity index (χ0) is 12.9. The lowest BCUT2D eigenvalue weighted by molar-refractivity contribution is 0.421. The summed E-state index contributed by atoms with van der Waals surface area (Å²) in [7, 11) is 0. The van der Waals surface area contributed by atoms with Gasteiger partial charge in [0.25, 0.3) is 0 Å². The van der Waals surface area contributed by atoms with Crippen LogP contribution < -0.4 is 10.6 Å². The van der Waals surface area contributed by atoms with Crippen molar-refractivity contribution in [2.45, 2.75) is 32.9 Å². The highest BCUT2D eigenvalue weighted by atomic mass is 35.5. The Labute approximate surface area is 108 Å². The second kappa shape index (κ2) is 6.34. The third-order valence-corrected chi connectivity index (χ3v) is 2.67. The van der Waals surface area contributed by atoms with Crippen LogP contribution in [-0.4, -0.2) is 18.6 Å². The van der Waals surface area contributed by atoms with Crippen LogP contribution in [-0.2, 0) is 6.54 Å². The van der Waals surface area contributed by atoms with Crippen LogP contribution in [0.1, 0.15) is 26.3 Å². The van der Waals surface area contributed by atoms with Crippen molar-refractivity contribution in [2.24, 2.45) is 0 Å². The average molecular weight is 259 g/mol. The van der Waals surface area contributed by atoms with E-state index >= 15 is 0 Å². The molecule has 1 rings (SSSR count). The second-order valence-electron chi connectivity index (χ2n) is 5.05. The van der Waals surface area contributed by atoms with Gasteiger partial charge >= 0.3 is 0 Å². The van der Waals surface area contributed by atoms with Crippen LogP contribution in [0.3, 0.4) is 0 Å². The molecular formula is C13H20ClFN2. The Morgan fingerprint density at radius 2 is 1.94 bits per heavy atom. The number of halogens is 2. The van der Waals surface area contributed by atoms with Gasteiger partial charge in [0.2, 0.25) is 0 Å². The molecule has 0 saturated heterocycles. The van der Waals surface area contributed by atoms with E-state index < -0.39 is 0 Å². The maximum absolute atomic E-state index is 13.4. The van der Waals surface area contributed by atoms with Crippen molar-refractivity contribution in [2.75, 3.05) is 13.1 Å². The largest absolute Gasteiger partial charge is 0.311 e. The Hall–Kier alpha value is -0.640. The van der Waals surface area contributed by atoms with Crippen molar-refractivity contribution < 1.29 is 4.39 Å². The third kappa shape index (κ3) is 5.48. The minimum absolute atomic E-state index is 0.108. The molecule has 0 bridgehead atoms. The van der Waals surface area contributed by atoms with E-state index in [2.05, 4.69) is 31.4 Å². The molecule has 0 aromatic heterocycles. The van der Waals surface area contributed by atoms with E-state index in [4.69, 9.17) is 11.6 Å². The Bertz CT molecular complexity index is 341. The molecule has 0 spiro atoms. The van der Waals surface area contributed by atoms with E-state index in [1.165, 1.54) is 6.07 Å². The zero-order valence-electron chi connectivity index (χ0n) is 10.6. The first kappa shape index (κ1) is 14.4. The number of benzene rings is 1. The van der Waals surface area contributed by atoms with Crippen LogP contribution in [0.2, 0.25) is 5.02 Å². The molecule has 1 aromatic carbocycles. The van der Waals surface area contributed by atoms with E-state index in [0.29, 0.717) is 17.1 Å². The monoisotopic (exact) mass is 258 g/mol. The van der Waals surface area contributed by atoms with Crippen LogP contribution in [0.4, 0.5) is 4.39 Å². The average Bonchev–Trinajstić information content (AvgIpc) is 2.20. The number of hydrogen-bond donors (Lipinski definition) is 2. The van der Waals surface area contributed by atoms with Crippen molar-refractivity contribution in [3.8, 4) is 0 Å². The zero-order valence-corrected chi connectivity index (χ0v) is 11.4. The van der Waals surface area contributed by atoms with Gasteiger partial charge in [0.15, 0.2) is 0 Å². The molecule has 0 amide bonds. The first-order chi connectivity index (χ1) is 7.90.